The fourth-order valence-corrected chi connectivity index (χ4v) is 5.50. The molecule has 0 aromatic carbocycles. The molecule has 0 amide bonds. The van der Waals surface area contributed by atoms with E-state index < -0.39 is 34.0 Å². The smallest absolute Gasteiger partial charge is 0.313 e. The lowest BCUT2D eigenvalue weighted by Crippen LogP contribution is -2.60. The van der Waals surface area contributed by atoms with Gasteiger partial charge in [-0.05, 0) is 40.5 Å². The highest BCUT2D eigenvalue weighted by molar-refractivity contribution is 5.97. The van der Waals surface area contributed by atoms with E-state index in [2.05, 4.69) is 0 Å². The normalized spacial score (nSPS) is 28.1. The van der Waals surface area contributed by atoms with Crippen molar-refractivity contribution in [2.75, 3.05) is 13.1 Å². The second kappa shape index (κ2) is 7.35. The zero-order chi connectivity index (χ0) is 21.7. The van der Waals surface area contributed by atoms with Crippen LogP contribution in [0.3, 0.4) is 0 Å². The molecule has 2 heterocycles. The van der Waals surface area contributed by atoms with Gasteiger partial charge in [0, 0.05) is 40.9 Å². The summed E-state index contributed by atoms with van der Waals surface area (Å²) in [4.78, 5) is 25.5. The van der Waals surface area contributed by atoms with Crippen molar-refractivity contribution in [3.8, 4) is 0 Å². The van der Waals surface area contributed by atoms with E-state index in [4.69, 9.17) is 4.74 Å². The summed E-state index contributed by atoms with van der Waals surface area (Å²) in [5.74, 6) is -0.930. The first-order chi connectivity index (χ1) is 12.5. The molecule has 162 valence electrons. The number of nitrogens with zero attached hydrogens (tertiary/aromatic N) is 2. The molecule has 0 radical (unpaired) electrons. The third kappa shape index (κ3) is 4.75. The van der Waals surface area contributed by atoms with Crippen molar-refractivity contribution in [3.05, 3.63) is 0 Å². The molecule has 0 aromatic rings. The summed E-state index contributed by atoms with van der Waals surface area (Å²) in [7, 11) is 0. The van der Waals surface area contributed by atoms with Crippen molar-refractivity contribution < 1.29 is 24.7 Å². The first-order valence-electron chi connectivity index (χ1n) is 10.1. The van der Waals surface area contributed by atoms with Crippen molar-refractivity contribution in [1.82, 2.24) is 10.1 Å². The number of esters is 1. The number of hydrogen-bond acceptors (Lipinski definition) is 7. The molecule has 2 rings (SSSR count). The van der Waals surface area contributed by atoms with Crippen molar-refractivity contribution in [3.63, 3.8) is 0 Å². The minimum Gasteiger partial charge on any atom is -0.461 e. The van der Waals surface area contributed by atoms with Gasteiger partial charge in [0.25, 0.3) is 0 Å². The van der Waals surface area contributed by atoms with Gasteiger partial charge in [0.05, 0.1) is 0 Å². The van der Waals surface area contributed by atoms with Gasteiger partial charge in [0.2, 0.25) is 0 Å². The van der Waals surface area contributed by atoms with Crippen LogP contribution in [0.4, 0.5) is 0 Å². The van der Waals surface area contributed by atoms with Crippen LogP contribution in [0.5, 0.6) is 0 Å². The highest BCUT2D eigenvalue weighted by Crippen LogP contribution is 2.43. The monoisotopic (exact) mass is 398 g/mol. The van der Waals surface area contributed by atoms with Gasteiger partial charge in [0.15, 0.2) is 0 Å². The third-order valence-electron chi connectivity index (χ3n) is 6.26. The largest absolute Gasteiger partial charge is 0.461 e. The average molecular weight is 399 g/mol. The number of Topliss-reactive ketones (excluding diaryl/α,β-unsaturated/α-hetero) is 1. The Morgan fingerprint density at radius 2 is 1.32 bits per heavy atom. The highest BCUT2D eigenvalue weighted by Gasteiger charge is 2.50. The Kier molecular flexibility index (Phi) is 6.10. The van der Waals surface area contributed by atoms with E-state index in [1.165, 1.54) is 10.1 Å². The summed E-state index contributed by atoms with van der Waals surface area (Å²) < 4.78 is 5.80. The molecule has 2 aliphatic rings. The standard InChI is InChI=1S/C21H38N2O5/c1-18(2)12-22(26)13-19(3,4)17(18)28-16(25)9-15(24)14-10-20(5,6)23(27)21(7,8)11-14/h14,17,26-27H,9-13H2,1-8H3. The number of hydrogen-bond donors (Lipinski definition) is 2. The average Bonchev–Trinajstić information content (AvgIpc) is 2.46. The van der Waals surface area contributed by atoms with Crippen LogP contribution in [-0.4, -0.2) is 62.6 Å². The number of rotatable bonds is 4. The molecule has 28 heavy (non-hydrogen) atoms. The maximum Gasteiger partial charge on any atom is 0.313 e. The summed E-state index contributed by atoms with van der Waals surface area (Å²) in [6.07, 6.45) is 0.349. The first-order valence-corrected chi connectivity index (χ1v) is 10.1. The van der Waals surface area contributed by atoms with Gasteiger partial charge in [-0.2, -0.15) is 10.1 Å². The van der Waals surface area contributed by atoms with Crippen LogP contribution in [0.15, 0.2) is 0 Å². The van der Waals surface area contributed by atoms with Gasteiger partial charge in [-0.25, -0.2) is 0 Å². The van der Waals surface area contributed by atoms with Crippen LogP contribution in [0, 0.1) is 16.7 Å². The molecule has 0 saturated carbocycles. The summed E-state index contributed by atoms with van der Waals surface area (Å²) in [6, 6.07) is 0. The molecule has 2 aliphatic heterocycles. The number of carbonyl (C=O) groups is 2. The Balaban J connectivity index is 2.06. The van der Waals surface area contributed by atoms with Gasteiger partial charge in [-0.15, -0.1) is 0 Å². The van der Waals surface area contributed by atoms with Gasteiger partial charge < -0.3 is 15.2 Å². The summed E-state index contributed by atoms with van der Waals surface area (Å²) in [6.45, 7) is 16.2. The van der Waals surface area contributed by atoms with E-state index in [-0.39, 0.29) is 18.1 Å². The molecular formula is C21H38N2O5. The van der Waals surface area contributed by atoms with E-state index in [0.29, 0.717) is 25.9 Å². The second-order valence-corrected chi connectivity index (χ2v) is 11.4. The lowest BCUT2D eigenvalue weighted by molar-refractivity contribution is -0.249. The predicted octanol–water partition coefficient (Wildman–Crippen LogP) is 3.27. The highest BCUT2D eigenvalue weighted by atomic mass is 16.6. The molecule has 0 aromatic heterocycles. The van der Waals surface area contributed by atoms with Crippen molar-refractivity contribution >= 4 is 11.8 Å². The number of carbonyl (C=O) groups excluding carboxylic acids is 2. The van der Waals surface area contributed by atoms with Crippen LogP contribution < -0.4 is 0 Å². The Hall–Kier alpha value is -1.02. The fraction of sp³-hybridized carbons (Fsp3) is 0.905. The van der Waals surface area contributed by atoms with Crippen molar-refractivity contribution in [1.29, 1.82) is 0 Å². The Labute approximate surface area is 168 Å². The van der Waals surface area contributed by atoms with Crippen LogP contribution >= 0.6 is 0 Å². The lowest BCUT2D eigenvalue weighted by atomic mass is 9.68. The molecule has 7 nitrogen and oxygen atoms in total. The molecule has 2 saturated heterocycles. The quantitative estimate of drug-likeness (QED) is 0.555. The van der Waals surface area contributed by atoms with Crippen molar-refractivity contribution in [2.45, 2.75) is 91.8 Å². The van der Waals surface area contributed by atoms with E-state index in [9.17, 15) is 20.0 Å². The van der Waals surface area contributed by atoms with Crippen LogP contribution in [0.2, 0.25) is 0 Å². The van der Waals surface area contributed by atoms with E-state index in [0.717, 1.165) is 0 Å². The third-order valence-corrected chi connectivity index (χ3v) is 6.26. The van der Waals surface area contributed by atoms with Gasteiger partial charge in [0.1, 0.15) is 18.3 Å². The maximum absolute atomic E-state index is 12.9. The minimum atomic E-state index is -0.538. The topological polar surface area (TPSA) is 90.3 Å². The predicted molar refractivity (Wildman–Crippen MR) is 105 cm³/mol. The fourth-order valence-electron chi connectivity index (χ4n) is 5.50. The minimum absolute atomic E-state index is 0.130. The van der Waals surface area contributed by atoms with Gasteiger partial charge in [-0.3, -0.25) is 9.59 Å². The summed E-state index contributed by atoms with van der Waals surface area (Å²) in [5.41, 5.74) is -1.93. The van der Waals surface area contributed by atoms with Crippen molar-refractivity contribution in [2.24, 2.45) is 16.7 Å². The van der Waals surface area contributed by atoms with Crippen LogP contribution in [0.25, 0.3) is 0 Å². The number of piperidine rings is 2. The van der Waals surface area contributed by atoms with E-state index in [1.807, 2.05) is 55.4 Å². The Morgan fingerprint density at radius 3 is 1.75 bits per heavy atom. The SMILES string of the molecule is CC1(C)CN(O)CC(C)(C)C1OC(=O)CC(=O)C1CC(C)(C)N(O)C(C)(C)C1. The lowest BCUT2D eigenvalue weighted by Gasteiger charge is -2.51. The molecule has 0 aliphatic carbocycles. The maximum atomic E-state index is 12.9. The zero-order valence-corrected chi connectivity index (χ0v) is 18.7. The molecule has 0 atom stereocenters. The van der Waals surface area contributed by atoms with Crippen LogP contribution in [0.1, 0.15) is 74.7 Å². The first kappa shape index (κ1) is 23.3. The van der Waals surface area contributed by atoms with E-state index in [1.54, 1.807) is 0 Å². The summed E-state index contributed by atoms with van der Waals surface area (Å²) in [5, 5.41) is 23.0. The van der Waals surface area contributed by atoms with Gasteiger partial charge >= 0.3 is 5.97 Å². The molecule has 2 fully saturated rings. The molecular weight excluding hydrogens is 360 g/mol. The molecule has 2 N–H and O–H groups in total. The Bertz CT molecular complexity index is 590. The summed E-state index contributed by atoms with van der Waals surface area (Å²) >= 11 is 0. The molecule has 0 bridgehead atoms. The van der Waals surface area contributed by atoms with Crippen LogP contribution in [-0.2, 0) is 14.3 Å². The molecule has 0 spiro atoms. The second-order valence-electron chi connectivity index (χ2n) is 11.4. The van der Waals surface area contributed by atoms with Gasteiger partial charge in [-0.1, -0.05) is 27.7 Å². The zero-order valence-electron chi connectivity index (χ0n) is 18.7. The molecule has 0 unspecified atom stereocenters. The number of hydroxylamine groups is 4. The van der Waals surface area contributed by atoms with E-state index >= 15 is 0 Å². The number of ether oxygens (including phenoxy) is 1. The molecule has 7 heteroatoms. The number of ketones is 1. The Morgan fingerprint density at radius 1 is 0.893 bits per heavy atom.